The largest absolute Gasteiger partial charge is 0.285 e. The van der Waals surface area contributed by atoms with E-state index in [2.05, 4.69) is 20.9 Å². The molecule has 80 valence electrons. The number of hydrogen-bond donors (Lipinski definition) is 0. The van der Waals surface area contributed by atoms with Crippen LogP contribution in [0.5, 0.6) is 0 Å². The highest BCUT2D eigenvalue weighted by Gasteiger charge is 2.19. The third kappa shape index (κ3) is 2.25. The predicted octanol–water partition coefficient (Wildman–Crippen LogP) is 2.97. The molecule has 0 spiro atoms. The maximum Gasteiger partial charge on any atom is 0.252 e. The van der Waals surface area contributed by atoms with E-state index in [1.807, 2.05) is 0 Å². The van der Waals surface area contributed by atoms with E-state index in [9.17, 15) is 9.59 Å². The summed E-state index contributed by atoms with van der Waals surface area (Å²) < 4.78 is 0.768. The third-order valence-electron chi connectivity index (χ3n) is 1.96. The van der Waals surface area contributed by atoms with Crippen molar-refractivity contribution in [3.8, 4) is 0 Å². The zero-order chi connectivity index (χ0) is 11.5. The van der Waals surface area contributed by atoms with Crippen LogP contribution in [0.4, 0.5) is 0 Å². The van der Waals surface area contributed by atoms with E-state index in [1.54, 1.807) is 29.6 Å². The van der Waals surface area contributed by atoms with Crippen molar-refractivity contribution in [2.75, 3.05) is 0 Å². The van der Waals surface area contributed by atoms with E-state index in [0.717, 1.165) is 4.47 Å². The van der Waals surface area contributed by atoms with Gasteiger partial charge in [-0.2, -0.15) is 0 Å². The summed E-state index contributed by atoms with van der Waals surface area (Å²) in [6, 6.07) is 6.74. The van der Waals surface area contributed by atoms with Crippen LogP contribution < -0.4 is 0 Å². The molecule has 16 heavy (non-hydrogen) atoms. The van der Waals surface area contributed by atoms with Gasteiger partial charge >= 0.3 is 0 Å². The van der Waals surface area contributed by atoms with Gasteiger partial charge in [0.1, 0.15) is 5.69 Å². The van der Waals surface area contributed by atoms with Gasteiger partial charge in [-0.25, -0.2) is 4.98 Å². The minimum Gasteiger partial charge on any atom is -0.285 e. The summed E-state index contributed by atoms with van der Waals surface area (Å²) in [5, 5.41) is 1.57. The van der Waals surface area contributed by atoms with Gasteiger partial charge in [0.2, 0.25) is 5.78 Å². The van der Waals surface area contributed by atoms with Gasteiger partial charge in [-0.1, -0.05) is 28.1 Å². The summed E-state index contributed by atoms with van der Waals surface area (Å²) in [4.78, 5) is 27.3. The van der Waals surface area contributed by atoms with Crippen LogP contribution in [0.15, 0.2) is 39.6 Å². The molecule has 0 fully saturated rings. The van der Waals surface area contributed by atoms with E-state index in [0.29, 0.717) is 5.56 Å². The Bertz CT molecular complexity index is 537. The lowest BCUT2D eigenvalue weighted by Gasteiger charge is -1.98. The topological polar surface area (TPSA) is 47.0 Å². The average Bonchev–Trinajstić information content (AvgIpc) is 2.80. The second-order valence-electron chi connectivity index (χ2n) is 3.04. The van der Waals surface area contributed by atoms with E-state index in [4.69, 9.17) is 0 Å². The van der Waals surface area contributed by atoms with Gasteiger partial charge in [0.05, 0.1) is 5.51 Å². The molecule has 1 aromatic carbocycles. The zero-order valence-electron chi connectivity index (χ0n) is 8.01. The van der Waals surface area contributed by atoms with Crippen LogP contribution in [-0.4, -0.2) is 16.6 Å². The Hall–Kier alpha value is -1.33. The van der Waals surface area contributed by atoms with Crippen molar-refractivity contribution in [3.05, 3.63) is 50.9 Å². The van der Waals surface area contributed by atoms with Crippen LogP contribution in [0.3, 0.4) is 0 Å². The number of ketones is 2. The molecule has 0 unspecified atom stereocenters. The van der Waals surface area contributed by atoms with Gasteiger partial charge < -0.3 is 0 Å². The summed E-state index contributed by atoms with van der Waals surface area (Å²) in [7, 11) is 0. The molecule has 0 aliphatic heterocycles. The van der Waals surface area contributed by atoms with E-state index < -0.39 is 11.6 Å². The Balaban J connectivity index is 2.30. The highest BCUT2D eigenvalue weighted by atomic mass is 79.9. The van der Waals surface area contributed by atoms with E-state index >= 15 is 0 Å². The van der Waals surface area contributed by atoms with E-state index in [1.165, 1.54) is 16.8 Å². The first-order valence-electron chi connectivity index (χ1n) is 4.41. The average molecular weight is 296 g/mol. The van der Waals surface area contributed by atoms with Crippen LogP contribution in [0, 0.1) is 0 Å². The maximum atomic E-state index is 11.8. The highest BCUT2D eigenvalue weighted by molar-refractivity contribution is 9.10. The lowest BCUT2D eigenvalue weighted by molar-refractivity contribution is 0.0814. The SMILES string of the molecule is O=C(C(=O)c1cscn1)c1cccc(Br)c1. The molecule has 2 aromatic rings. The van der Waals surface area contributed by atoms with Crippen molar-refractivity contribution >= 4 is 38.8 Å². The Labute approximate surface area is 104 Å². The summed E-state index contributed by atoms with van der Waals surface area (Å²) in [5.41, 5.74) is 2.10. The molecule has 0 aliphatic carbocycles. The standard InChI is InChI=1S/C11H6BrNO2S/c12-8-3-1-2-7(4-8)10(14)11(15)9-5-16-6-13-9/h1-6H. The molecular formula is C11H6BrNO2S. The van der Waals surface area contributed by atoms with Crippen LogP contribution in [0.2, 0.25) is 0 Å². The van der Waals surface area contributed by atoms with Crippen molar-refractivity contribution in [2.45, 2.75) is 0 Å². The fourth-order valence-corrected chi connectivity index (χ4v) is 2.13. The van der Waals surface area contributed by atoms with Crippen molar-refractivity contribution < 1.29 is 9.59 Å². The van der Waals surface area contributed by atoms with Crippen molar-refractivity contribution in [1.29, 1.82) is 0 Å². The van der Waals surface area contributed by atoms with Gasteiger partial charge in [-0.3, -0.25) is 9.59 Å². The number of nitrogens with zero attached hydrogens (tertiary/aromatic N) is 1. The molecule has 0 amide bonds. The molecule has 2 rings (SSSR count). The molecule has 0 N–H and O–H groups in total. The van der Waals surface area contributed by atoms with Crippen LogP contribution in [-0.2, 0) is 0 Å². The minimum absolute atomic E-state index is 0.204. The molecule has 0 saturated carbocycles. The predicted molar refractivity (Wildman–Crippen MR) is 64.9 cm³/mol. The van der Waals surface area contributed by atoms with E-state index in [-0.39, 0.29) is 5.69 Å². The minimum atomic E-state index is -0.570. The van der Waals surface area contributed by atoms with Gasteiger partial charge in [-0.15, -0.1) is 11.3 Å². The lowest BCUT2D eigenvalue weighted by atomic mass is 10.1. The van der Waals surface area contributed by atoms with Gasteiger partial charge in [0.15, 0.2) is 0 Å². The number of rotatable bonds is 3. The fourth-order valence-electron chi connectivity index (χ4n) is 1.20. The van der Waals surface area contributed by atoms with Gasteiger partial charge in [0, 0.05) is 15.4 Å². The molecule has 0 radical (unpaired) electrons. The number of halogens is 1. The third-order valence-corrected chi connectivity index (χ3v) is 3.04. The molecule has 0 bridgehead atoms. The molecule has 1 aromatic heterocycles. The number of benzene rings is 1. The fraction of sp³-hybridized carbons (Fsp3) is 0. The monoisotopic (exact) mass is 295 g/mol. The Kier molecular flexibility index (Phi) is 3.26. The zero-order valence-corrected chi connectivity index (χ0v) is 10.4. The second-order valence-corrected chi connectivity index (χ2v) is 4.68. The van der Waals surface area contributed by atoms with Crippen molar-refractivity contribution in [3.63, 3.8) is 0 Å². The van der Waals surface area contributed by atoms with Crippen LogP contribution in [0.1, 0.15) is 20.8 Å². The number of Topliss-reactive ketones (excluding diaryl/α,β-unsaturated/α-hetero) is 2. The normalized spacial score (nSPS) is 10.1. The molecule has 1 heterocycles. The number of carbonyl (C=O) groups excluding carboxylic acids is 2. The molecule has 3 nitrogen and oxygen atoms in total. The van der Waals surface area contributed by atoms with Gasteiger partial charge in [0.25, 0.3) is 5.78 Å². The molecule has 5 heteroatoms. The number of thiazole rings is 1. The Morgan fingerprint density at radius 3 is 2.69 bits per heavy atom. The summed E-state index contributed by atoms with van der Waals surface area (Å²) >= 11 is 4.54. The second kappa shape index (κ2) is 4.67. The molecule has 0 atom stereocenters. The smallest absolute Gasteiger partial charge is 0.252 e. The molecule has 0 saturated heterocycles. The van der Waals surface area contributed by atoms with Crippen LogP contribution >= 0.6 is 27.3 Å². The van der Waals surface area contributed by atoms with Crippen LogP contribution in [0.25, 0.3) is 0 Å². The van der Waals surface area contributed by atoms with Gasteiger partial charge in [-0.05, 0) is 12.1 Å². The van der Waals surface area contributed by atoms with Crippen molar-refractivity contribution in [2.24, 2.45) is 0 Å². The van der Waals surface area contributed by atoms with Crippen molar-refractivity contribution in [1.82, 2.24) is 4.98 Å². The number of aromatic nitrogens is 1. The number of hydrogen-bond acceptors (Lipinski definition) is 4. The molecular weight excluding hydrogens is 290 g/mol. The summed E-state index contributed by atoms with van der Waals surface area (Å²) in [6.07, 6.45) is 0. The quantitative estimate of drug-likeness (QED) is 0.646. The lowest BCUT2D eigenvalue weighted by Crippen LogP contribution is -2.14. The highest BCUT2D eigenvalue weighted by Crippen LogP contribution is 2.14. The first-order valence-corrected chi connectivity index (χ1v) is 6.15. The Morgan fingerprint density at radius 2 is 2.06 bits per heavy atom. The maximum absolute atomic E-state index is 11.8. The first-order chi connectivity index (χ1) is 7.68. The summed E-state index contributed by atoms with van der Waals surface area (Å²) in [6.45, 7) is 0. The number of carbonyl (C=O) groups is 2. The summed E-state index contributed by atoms with van der Waals surface area (Å²) in [5.74, 6) is -1.11. The first kappa shape index (κ1) is 11.2. The Morgan fingerprint density at radius 1 is 1.25 bits per heavy atom. The molecule has 0 aliphatic rings.